The second-order valence-electron chi connectivity index (χ2n) is 9.46. The third-order valence-corrected chi connectivity index (χ3v) is 9.99. The van der Waals surface area contributed by atoms with Crippen LogP contribution >= 0.6 is 11.8 Å². The molecule has 2 aliphatic heterocycles. The lowest BCUT2D eigenvalue weighted by atomic mass is 10.1. The molecule has 7 nitrogen and oxygen atoms in total. The molecule has 2 aromatic rings. The molecule has 2 saturated heterocycles. The number of sulfonamides is 1. The molecule has 0 spiro atoms. The van der Waals surface area contributed by atoms with Gasteiger partial charge in [0.1, 0.15) is 0 Å². The number of non-ortho nitro benzene ring substituents is 1. The predicted molar refractivity (Wildman–Crippen MR) is 142 cm³/mol. The fourth-order valence-electron chi connectivity index (χ4n) is 4.84. The lowest BCUT2D eigenvalue weighted by Gasteiger charge is -2.36. The zero-order chi connectivity index (χ0) is 25.0. The van der Waals surface area contributed by atoms with Crippen LogP contribution in [0.2, 0.25) is 0 Å². The van der Waals surface area contributed by atoms with Crippen molar-refractivity contribution in [3.05, 3.63) is 74.2 Å². The Kier molecular flexibility index (Phi) is 8.31. The van der Waals surface area contributed by atoms with Gasteiger partial charge in [-0.25, -0.2) is 12.7 Å². The summed E-state index contributed by atoms with van der Waals surface area (Å²) < 4.78 is 28.6. The van der Waals surface area contributed by atoms with Gasteiger partial charge in [-0.15, -0.1) is 0 Å². The first-order valence-electron chi connectivity index (χ1n) is 12.1. The fourth-order valence-corrected chi connectivity index (χ4v) is 7.86. The van der Waals surface area contributed by atoms with Crippen LogP contribution in [0.3, 0.4) is 0 Å². The minimum absolute atomic E-state index is 0.0123. The van der Waals surface area contributed by atoms with Crippen molar-refractivity contribution in [1.82, 2.24) is 9.21 Å². The van der Waals surface area contributed by atoms with Crippen molar-refractivity contribution in [2.75, 3.05) is 31.9 Å². The van der Waals surface area contributed by atoms with Crippen molar-refractivity contribution in [2.45, 2.75) is 50.5 Å². The van der Waals surface area contributed by atoms with E-state index in [0.717, 1.165) is 42.0 Å². The number of benzene rings is 2. The summed E-state index contributed by atoms with van der Waals surface area (Å²) in [7, 11) is -3.53. The zero-order valence-corrected chi connectivity index (χ0v) is 22.0. The van der Waals surface area contributed by atoms with Crippen LogP contribution in [-0.4, -0.2) is 60.5 Å². The smallest absolute Gasteiger partial charge is 0.270 e. The van der Waals surface area contributed by atoms with Gasteiger partial charge in [0.25, 0.3) is 5.69 Å². The lowest BCUT2D eigenvalue weighted by Crippen LogP contribution is -2.46. The highest BCUT2D eigenvalue weighted by molar-refractivity contribution is 8.04. The van der Waals surface area contributed by atoms with Crippen LogP contribution < -0.4 is 0 Å². The number of piperidine rings is 1. The fraction of sp³-hybridized carbons (Fsp3) is 0.462. The average Bonchev–Trinajstić information content (AvgIpc) is 3.36. The average molecular weight is 516 g/mol. The molecule has 2 aliphatic rings. The summed E-state index contributed by atoms with van der Waals surface area (Å²) in [5.74, 6) is -0.123. The maximum atomic E-state index is 13.5. The first-order chi connectivity index (χ1) is 16.7. The Morgan fingerprint density at radius 2 is 1.80 bits per heavy atom. The Labute approximate surface area is 212 Å². The number of thioether (sulfide) groups is 1. The second-order valence-corrected chi connectivity index (χ2v) is 12.6. The molecule has 4 rings (SSSR count). The maximum Gasteiger partial charge on any atom is 0.270 e. The number of hydrogen-bond donors (Lipinski definition) is 0. The minimum atomic E-state index is -3.53. The molecular weight excluding hydrogens is 482 g/mol. The van der Waals surface area contributed by atoms with E-state index in [9.17, 15) is 18.5 Å². The minimum Gasteiger partial charge on any atom is -0.300 e. The van der Waals surface area contributed by atoms with Gasteiger partial charge in [-0.3, -0.25) is 10.1 Å². The molecule has 2 heterocycles. The van der Waals surface area contributed by atoms with Crippen molar-refractivity contribution < 1.29 is 13.3 Å². The van der Waals surface area contributed by atoms with Gasteiger partial charge >= 0.3 is 0 Å². The summed E-state index contributed by atoms with van der Waals surface area (Å²) in [6, 6.07) is 12.9. The molecule has 0 aromatic heterocycles. The van der Waals surface area contributed by atoms with E-state index in [1.165, 1.54) is 36.7 Å². The van der Waals surface area contributed by atoms with Crippen molar-refractivity contribution in [1.29, 1.82) is 0 Å². The zero-order valence-electron chi connectivity index (χ0n) is 20.4. The molecule has 9 heteroatoms. The van der Waals surface area contributed by atoms with E-state index in [1.54, 1.807) is 22.5 Å². The van der Waals surface area contributed by atoms with Gasteiger partial charge in [0.15, 0.2) is 0 Å². The molecule has 0 unspecified atom stereocenters. The van der Waals surface area contributed by atoms with E-state index >= 15 is 0 Å². The number of rotatable bonds is 8. The van der Waals surface area contributed by atoms with Crippen LogP contribution in [0.4, 0.5) is 5.69 Å². The Morgan fingerprint density at radius 1 is 1.09 bits per heavy atom. The summed E-state index contributed by atoms with van der Waals surface area (Å²) in [6.07, 6.45) is 5.98. The van der Waals surface area contributed by atoms with Crippen LogP contribution in [0.5, 0.6) is 0 Å². The molecule has 0 radical (unpaired) electrons. The number of nitrogens with zero attached hydrogens (tertiary/aromatic N) is 3. The number of nitro benzene ring substituents is 1. The Morgan fingerprint density at radius 3 is 2.49 bits per heavy atom. The van der Waals surface area contributed by atoms with Crippen LogP contribution in [0.15, 0.2) is 52.3 Å². The number of aryl methyl sites for hydroxylation is 2. The molecular formula is C26H33N3O4S2. The summed E-state index contributed by atoms with van der Waals surface area (Å²) in [5, 5.41) is 11.2. The highest BCUT2D eigenvalue weighted by atomic mass is 32.2. The van der Waals surface area contributed by atoms with Gasteiger partial charge in [-0.1, -0.05) is 36.0 Å². The van der Waals surface area contributed by atoms with E-state index in [2.05, 4.69) is 11.0 Å². The predicted octanol–water partition coefficient (Wildman–Crippen LogP) is 5.23. The van der Waals surface area contributed by atoms with Crippen molar-refractivity contribution >= 4 is 33.5 Å². The lowest BCUT2D eigenvalue weighted by molar-refractivity contribution is -0.384. The summed E-state index contributed by atoms with van der Waals surface area (Å²) in [4.78, 5) is 15.0. The van der Waals surface area contributed by atoms with Crippen LogP contribution in [0.1, 0.15) is 42.4 Å². The molecule has 0 amide bonds. The highest BCUT2D eigenvalue weighted by Crippen LogP contribution is 2.34. The van der Waals surface area contributed by atoms with Crippen molar-refractivity contribution in [2.24, 2.45) is 0 Å². The second kappa shape index (κ2) is 11.2. The van der Waals surface area contributed by atoms with Crippen molar-refractivity contribution in [3.63, 3.8) is 0 Å². The summed E-state index contributed by atoms with van der Waals surface area (Å²) in [6.45, 7) is 7.35. The van der Waals surface area contributed by atoms with Crippen LogP contribution in [0, 0.1) is 24.0 Å². The van der Waals surface area contributed by atoms with Crippen LogP contribution in [0.25, 0.3) is 6.08 Å². The number of likely N-dealkylation sites (tertiary alicyclic amines) is 1. The third-order valence-electron chi connectivity index (χ3n) is 6.79. The Bertz CT molecular complexity index is 1200. The Balaban J connectivity index is 1.56. The molecule has 2 fully saturated rings. The first kappa shape index (κ1) is 25.9. The van der Waals surface area contributed by atoms with Gasteiger partial charge in [0.2, 0.25) is 10.0 Å². The van der Waals surface area contributed by atoms with E-state index in [1.807, 2.05) is 26.0 Å². The number of hydrogen-bond acceptors (Lipinski definition) is 6. The topological polar surface area (TPSA) is 83.8 Å². The summed E-state index contributed by atoms with van der Waals surface area (Å²) >= 11 is 1.43. The SMILES string of the molecule is Cc1ccc(C)c(SC(=Cc2cccc([N+](=O)[O-])c2)CS(=O)(=O)N2CCC(N3CCCC3)CC2)c1. The monoisotopic (exact) mass is 515 g/mol. The quantitative estimate of drug-likeness (QED) is 0.272. The number of nitro groups is 1. The highest BCUT2D eigenvalue weighted by Gasteiger charge is 2.32. The third kappa shape index (κ3) is 6.73. The molecule has 0 saturated carbocycles. The Hall–Kier alpha value is -2.20. The van der Waals surface area contributed by atoms with E-state index in [4.69, 9.17) is 0 Å². The maximum absolute atomic E-state index is 13.5. The molecule has 188 valence electrons. The normalized spacial score (nSPS) is 18.7. The van der Waals surface area contributed by atoms with Crippen molar-refractivity contribution in [3.8, 4) is 0 Å². The molecule has 0 N–H and O–H groups in total. The van der Waals surface area contributed by atoms with E-state index < -0.39 is 14.9 Å². The molecule has 35 heavy (non-hydrogen) atoms. The summed E-state index contributed by atoms with van der Waals surface area (Å²) in [5.41, 5.74) is 2.77. The van der Waals surface area contributed by atoms with Gasteiger partial charge in [0.05, 0.1) is 10.7 Å². The largest absolute Gasteiger partial charge is 0.300 e. The molecule has 0 bridgehead atoms. The standard InChI is InChI=1S/C26H33N3O4S2/c1-20-8-9-21(2)26(16-20)34-25(18-22-6-5-7-24(17-22)29(30)31)19-35(32,33)28-14-10-23(11-15-28)27-12-3-4-13-27/h5-9,16-18,23H,3-4,10-15,19H2,1-2H3. The van der Waals surface area contributed by atoms with E-state index in [0.29, 0.717) is 29.6 Å². The molecule has 0 aliphatic carbocycles. The first-order valence-corrected chi connectivity index (χ1v) is 14.6. The van der Waals surface area contributed by atoms with Gasteiger partial charge in [-0.05, 0) is 81.5 Å². The van der Waals surface area contributed by atoms with E-state index in [-0.39, 0.29) is 11.4 Å². The van der Waals surface area contributed by atoms with Gasteiger partial charge in [0, 0.05) is 41.1 Å². The molecule has 0 atom stereocenters. The van der Waals surface area contributed by atoms with Crippen LogP contribution in [-0.2, 0) is 10.0 Å². The van der Waals surface area contributed by atoms with Gasteiger partial charge < -0.3 is 4.90 Å². The molecule has 2 aromatic carbocycles. The van der Waals surface area contributed by atoms with Gasteiger partial charge in [-0.2, -0.15) is 0 Å².